The van der Waals surface area contributed by atoms with Gasteiger partial charge in [0.1, 0.15) is 11.4 Å². The lowest BCUT2D eigenvalue weighted by atomic mass is 10.1. The fourth-order valence-electron chi connectivity index (χ4n) is 4.32. The second kappa shape index (κ2) is 9.42. The van der Waals surface area contributed by atoms with Gasteiger partial charge >= 0.3 is 5.97 Å². The smallest absolute Gasteiger partial charge is 0.338 e. The molecule has 0 spiro atoms. The van der Waals surface area contributed by atoms with Gasteiger partial charge in [0.15, 0.2) is 11.0 Å². The summed E-state index contributed by atoms with van der Waals surface area (Å²) in [7, 11) is 1.28. The fourth-order valence-corrected chi connectivity index (χ4v) is 5.37. The highest BCUT2D eigenvalue weighted by atomic mass is 32.2. The molecule has 9 heteroatoms. The number of carbonyl (C=O) groups is 1. The summed E-state index contributed by atoms with van der Waals surface area (Å²) >= 11 is 1.44. The van der Waals surface area contributed by atoms with Gasteiger partial charge < -0.3 is 9.30 Å². The normalized spacial score (nSPS) is 13.5. The SMILES string of the molecule is COC(=O)c1cc(F)ccc1CSc1nc2nn(-c3ccccc3)c(=O)c-2c2n1CCCCC2. The van der Waals surface area contributed by atoms with Crippen molar-refractivity contribution in [2.75, 3.05) is 7.11 Å². The standard InChI is InChI=1S/C25H23FN4O3S/c1-33-24(32)19-14-17(26)12-11-16(19)15-34-25-27-22-21(20-10-6-3-7-13-29(20)25)23(31)30(28-22)18-8-4-2-5-9-18/h2,4-5,8-9,11-12,14H,3,6-7,10,13,15H2,1H3. The zero-order valence-electron chi connectivity index (χ0n) is 18.7. The molecule has 0 amide bonds. The highest BCUT2D eigenvalue weighted by Gasteiger charge is 2.27. The summed E-state index contributed by atoms with van der Waals surface area (Å²) in [6.45, 7) is 0.754. The predicted octanol–water partition coefficient (Wildman–Crippen LogP) is 4.48. The molecule has 34 heavy (non-hydrogen) atoms. The van der Waals surface area contributed by atoms with Gasteiger partial charge in [-0.2, -0.15) is 4.68 Å². The first kappa shape index (κ1) is 22.3. The summed E-state index contributed by atoms with van der Waals surface area (Å²) in [5.41, 5.74) is 2.89. The third-order valence-electron chi connectivity index (χ3n) is 6.00. The zero-order chi connectivity index (χ0) is 23.7. The maximum Gasteiger partial charge on any atom is 0.338 e. The molecule has 3 aliphatic rings. The van der Waals surface area contributed by atoms with Crippen LogP contribution in [0.4, 0.5) is 4.39 Å². The maximum absolute atomic E-state index is 13.8. The van der Waals surface area contributed by atoms with Crippen LogP contribution in [0.15, 0.2) is 58.5 Å². The van der Waals surface area contributed by atoms with Crippen LogP contribution in [0, 0.1) is 5.82 Å². The van der Waals surface area contributed by atoms with Crippen LogP contribution in [0.1, 0.15) is 40.9 Å². The highest BCUT2D eigenvalue weighted by molar-refractivity contribution is 7.98. The lowest BCUT2D eigenvalue weighted by Crippen LogP contribution is -2.19. The van der Waals surface area contributed by atoms with E-state index >= 15 is 0 Å². The van der Waals surface area contributed by atoms with E-state index in [0.29, 0.717) is 28.4 Å². The topological polar surface area (TPSA) is 79.0 Å². The number of fused-ring (bicyclic) bond motifs is 3. The Hall–Kier alpha value is -3.46. The van der Waals surface area contributed by atoms with E-state index in [0.717, 1.165) is 43.1 Å². The van der Waals surface area contributed by atoms with Gasteiger partial charge in [-0.15, -0.1) is 5.10 Å². The van der Waals surface area contributed by atoms with E-state index < -0.39 is 11.8 Å². The van der Waals surface area contributed by atoms with Crippen LogP contribution in [0.3, 0.4) is 0 Å². The van der Waals surface area contributed by atoms with Gasteiger partial charge in [0, 0.05) is 18.0 Å². The van der Waals surface area contributed by atoms with Gasteiger partial charge in [-0.3, -0.25) is 4.79 Å². The number of ether oxygens (including phenoxy) is 1. The lowest BCUT2D eigenvalue weighted by molar-refractivity contribution is 0.0599. The minimum absolute atomic E-state index is 0.164. The molecule has 0 radical (unpaired) electrons. The van der Waals surface area contributed by atoms with Gasteiger partial charge in [-0.25, -0.2) is 14.2 Å². The Kier molecular flexibility index (Phi) is 6.19. The minimum atomic E-state index is -0.581. The molecule has 0 saturated carbocycles. The van der Waals surface area contributed by atoms with E-state index in [-0.39, 0.29) is 11.1 Å². The van der Waals surface area contributed by atoms with Crippen LogP contribution in [0.5, 0.6) is 0 Å². The average Bonchev–Trinajstić information content (AvgIpc) is 3.02. The van der Waals surface area contributed by atoms with E-state index in [9.17, 15) is 14.0 Å². The number of rotatable bonds is 5. The van der Waals surface area contributed by atoms with Gasteiger partial charge in [0.25, 0.3) is 5.56 Å². The molecule has 2 aromatic rings. The van der Waals surface area contributed by atoms with Crippen LogP contribution in [0.2, 0.25) is 0 Å². The Morgan fingerprint density at radius 3 is 2.76 bits per heavy atom. The number of hydrogen-bond donors (Lipinski definition) is 0. The molecule has 0 N–H and O–H groups in total. The number of benzene rings is 2. The number of carbonyl (C=O) groups excluding carboxylic acids is 1. The average molecular weight is 479 g/mol. The van der Waals surface area contributed by atoms with Gasteiger partial charge in [0.05, 0.1) is 18.4 Å². The van der Waals surface area contributed by atoms with Crippen molar-refractivity contribution >= 4 is 17.7 Å². The Bertz CT molecular complexity index is 1380. The molecule has 174 valence electrons. The fraction of sp³-hybridized carbons (Fsp3) is 0.280. The molecule has 0 saturated heterocycles. The summed E-state index contributed by atoms with van der Waals surface area (Å²) < 4.78 is 22.1. The highest BCUT2D eigenvalue weighted by Crippen LogP contribution is 2.32. The molecule has 0 unspecified atom stereocenters. The summed E-state index contributed by atoms with van der Waals surface area (Å²) in [5.74, 6) is -0.266. The first-order valence-corrected chi connectivity index (χ1v) is 12.1. The molecule has 3 aliphatic heterocycles. The Morgan fingerprint density at radius 1 is 1.15 bits per heavy atom. The molecule has 0 atom stereocenters. The number of thioether (sulfide) groups is 1. The first-order valence-electron chi connectivity index (χ1n) is 11.1. The molecule has 7 nitrogen and oxygen atoms in total. The molecule has 0 aliphatic carbocycles. The van der Waals surface area contributed by atoms with Crippen molar-refractivity contribution in [3.8, 4) is 17.1 Å². The summed E-state index contributed by atoms with van der Waals surface area (Å²) in [5, 5.41) is 5.27. The second-order valence-electron chi connectivity index (χ2n) is 8.14. The number of methoxy groups -OCH3 is 1. The quantitative estimate of drug-likeness (QED) is 0.239. The zero-order valence-corrected chi connectivity index (χ0v) is 19.5. The van der Waals surface area contributed by atoms with E-state index in [4.69, 9.17) is 9.72 Å². The van der Waals surface area contributed by atoms with Crippen molar-refractivity contribution in [2.24, 2.45) is 0 Å². The number of nitrogens with zero attached hydrogens (tertiary/aromatic N) is 4. The molecule has 3 heterocycles. The number of halogens is 1. The van der Waals surface area contributed by atoms with E-state index in [1.807, 2.05) is 30.3 Å². The van der Waals surface area contributed by atoms with Crippen molar-refractivity contribution in [3.05, 3.63) is 81.5 Å². The minimum Gasteiger partial charge on any atom is -0.465 e. The van der Waals surface area contributed by atoms with E-state index in [1.165, 1.54) is 35.7 Å². The molecule has 5 rings (SSSR count). The number of hydrogen-bond acceptors (Lipinski definition) is 6. The Labute approximate surface area is 199 Å². The van der Waals surface area contributed by atoms with Crippen molar-refractivity contribution in [3.63, 3.8) is 0 Å². The van der Waals surface area contributed by atoms with Gasteiger partial charge in [-0.1, -0.05) is 42.4 Å². The largest absolute Gasteiger partial charge is 0.465 e. The van der Waals surface area contributed by atoms with Crippen molar-refractivity contribution in [1.82, 2.24) is 19.3 Å². The monoisotopic (exact) mass is 478 g/mol. The first-order chi connectivity index (χ1) is 16.6. The van der Waals surface area contributed by atoms with Crippen LogP contribution >= 0.6 is 11.8 Å². The van der Waals surface area contributed by atoms with E-state index in [2.05, 4.69) is 9.67 Å². The molecule has 0 aromatic heterocycles. The van der Waals surface area contributed by atoms with Gasteiger partial charge in [-0.05, 0) is 49.1 Å². The van der Waals surface area contributed by atoms with Crippen LogP contribution in [-0.4, -0.2) is 32.4 Å². The predicted molar refractivity (Wildman–Crippen MR) is 127 cm³/mol. The number of esters is 1. The third-order valence-corrected chi connectivity index (χ3v) is 7.03. The Balaban J connectivity index is 1.59. The molecule has 0 fully saturated rings. The number of aromatic nitrogens is 4. The lowest BCUT2D eigenvalue weighted by Gasteiger charge is -2.18. The van der Waals surface area contributed by atoms with Crippen LogP contribution in [0.25, 0.3) is 17.1 Å². The molecule has 0 bridgehead atoms. The molecular formula is C25H23FN4O3S. The molecular weight excluding hydrogens is 455 g/mol. The summed E-state index contributed by atoms with van der Waals surface area (Å²) in [6, 6.07) is 13.4. The van der Waals surface area contributed by atoms with Crippen molar-refractivity contribution in [2.45, 2.75) is 43.1 Å². The van der Waals surface area contributed by atoms with Gasteiger partial charge in [0.2, 0.25) is 0 Å². The molecule has 2 aromatic carbocycles. The second-order valence-corrected chi connectivity index (χ2v) is 9.08. The van der Waals surface area contributed by atoms with Crippen LogP contribution < -0.4 is 5.56 Å². The number of para-hydroxylation sites is 1. The van der Waals surface area contributed by atoms with Crippen molar-refractivity contribution < 1.29 is 13.9 Å². The summed E-state index contributed by atoms with van der Waals surface area (Å²) in [6.07, 6.45) is 3.82. The van der Waals surface area contributed by atoms with Crippen LogP contribution in [-0.2, 0) is 23.5 Å². The third kappa shape index (κ3) is 4.11. The Morgan fingerprint density at radius 2 is 1.97 bits per heavy atom. The summed E-state index contributed by atoms with van der Waals surface area (Å²) in [4.78, 5) is 30.3. The van der Waals surface area contributed by atoms with Crippen molar-refractivity contribution in [1.29, 1.82) is 0 Å². The van der Waals surface area contributed by atoms with E-state index in [1.54, 1.807) is 6.07 Å². The maximum atomic E-state index is 13.8.